The molecule has 2 aromatic rings. The van der Waals surface area contributed by atoms with Gasteiger partial charge in [0.25, 0.3) is 0 Å². The number of hydrogen-bond donors (Lipinski definition) is 0. The molecule has 0 aromatic carbocycles. The molecule has 0 atom stereocenters. The molecule has 0 aliphatic heterocycles. The van der Waals surface area contributed by atoms with Crippen LogP contribution < -0.4 is 4.74 Å². The first-order valence-electron chi connectivity index (χ1n) is 11.5. The van der Waals surface area contributed by atoms with Crippen LogP contribution in [0.1, 0.15) is 56.3 Å². The third-order valence-corrected chi connectivity index (χ3v) is 6.12. The zero-order chi connectivity index (χ0) is 22.5. The maximum Gasteiger partial charge on any atom is 0.409 e. The number of carbonyl (C=O) groups is 1. The molecule has 0 N–H and O–H groups in total. The fourth-order valence-electron chi connectivity index (χ4n) is 4.07. The van der Waals surface area contributed by atoms with E-state index >= 15 is 0 Å². The van der Waals surface area contributed by atoms with Crippen molar-refractivity contribution >= 4 is 6.09 Å². The highest BCUT2D eigenvalue weighted by Crippen LogP contribution is 2.30. The fraction of sp³-hybridized carbons (Fsp3) is 0.652. The minimum atomic E-state index is -0.340. The van der Waals surface area contributed by atoms with E-state index in [2.05, 4.69) is 10.3 Å². The molecule has 2 saturated carbocycles. The summed E-state index contributed by atoms with van der Waals surface area (Å²) in [5.74, 6) is 1.36. The maximum absolute atomic E-state index is 12.3. The number of aromatic nitrogens is 4. The topological polar surface area (TPSA) is 91.6 Å². The lowest BCUT2D eigenvalue weighted by Gasteiger charge is -2.24. The van der Waals surface area contributed by atoms with Gasteiger partial charge in [-0.3, -0.25) is 0 Å². The summed E-state index contributed by atoms with van der Waals surface area (Å²) in [6.07, 6.45) is 8.08. The normalized spacial score (nSPS) is 16.7. The van der Waals surface area contributed by atoms with Crippen molar-refractivity contribution in [3.63, 3.8) is 0 Å². The Morgan fingerprint density at radius 2 is 1.94 bits per heavy atom. The van der Waals surface area contributed by atoms with Crippen molar-refractivity contribution in [3.05, 3.63) is 23.5 Å². The number of aryl methyl sites for hydroxylation is 1. The van der Waals surface area contributed by atoms with E-state index in [9.17, 15) is 4.79 Å². The van der Waals surface area contributed by atoms with Crippen LogP contribution >= 0.6 is 0 Å². The zero-order valence-corrected chi connectivity index (χ0v) is 19.2. The maximum atomic E-state index is 12.3. The van der Waals surface area contributed by atoms with Crippen LogP contribution in [0.25, 0.3) is 11.4 Å². The van der Waals surface area contributed by atoms with Gasteiger partial charge in [-0.15, -0.1) is 5.10 Å². The Hall–Kier alpha value is -2.68. The van der Waals surface area contributed by atoms with Gasteiger partial charge in [0, 0.05) is 27.7 Å². The van der Waals surface area contributed by atoms with E-state index in [1.165, 1.54) is 32.1 Å². The third kappa shape index (κ3) is 5.56. The molecule has 2 fully saturated rings. The van der Waals surface area contributed by atoms with Crippen molar-refractivity contribution in [2.45, 2.75) is 64.3 Å². The first kappa shape index (κ1) is 22.5. The van der Waals surface area contributed by atoms with Crippen LogP contribution in [0.15, 0.2) is 12.1 Å². The van der Waals surface area contributed by atoms with Crippen LogP contribution in [-0.2, 0) is 29.7 Å². The van der Waals surface area contributed by atoms with Gasteiger partial charge in [0.1, 0.15) is 29.4 Å². The van der Waals surface area contributed by atoms with Gasteiger partial charge in [-0.05, 0) is 56.6 Å². The molecule has 9 heteroatoms. The average molecular weight is 444 g/mol. The summed E-state index contributed by atoms with van der Waals surface area (Å²) in [7, 11) is 5.20. The number of hydrogen-bond acceptors (Lipinski definition) is 7. The number of rotatable bonds is 9. The first-order chi connectivity index (χ1) is 15.5. The second-order valence-corrected chi connectivity index (χ2v) is 8.84. The van der Waals surface area contributed by atoms with Crippen LogP contribution in [0.5, 0.6) is 5.75 Å². The van der Waals surface area contributed by atoms with E-state index in [4.69, 9.17) is 19.2 Å². The smallest absolute Gasteiger partial charge is 0.409 e. The van der Waals surface area contributed by atoms with Crippen LogP contribution in [0.3, 0.4) is 0 Å². The van der Waals surface area contributed by atoms with Crippen LogP contribution in [0.2, 0.25) is 0 Å². The highest BCUT2D eigenvalue weighted by Gasteiger charge is 2.26. The highest BCUT2D eigenvalue weighted by molar-refractivity contribution is 5.67. The van der Waals surface area contributed by atoms with Gasteiger partial charge in [-0.1, -0.05) is 11.6 Å². The Bertz CT molecular complexity index is 921. The van der Waals surface area contributed by atoms with Crippen molar-refractivity contribution in [1.82, 2.24) is 24.9 Å². The molecular weight excluding hydrogens is 410 g/mol. The van der Waals surface area contributed by atoms with Gasteiger partial charge in [-0.2, -0.15) is 0 Å². The average Bonchev–Trinajstić information content (AvgIpc) is 3.54. The molecule has 4 rings (SSSR count). The summed E-state index contributed by atoms with van der Waals surface area (Å²) in [6, 6.07) is 3.81. The van der Waals surface area contributed by atoms with Gasteiger partial charge in [0.15, 0.2) is 0 Å². The Morgan fingerprint density at radius 1 is 1.16 bits per heavy atom. The molecule has 0 saturated heterocycles. The highest BCUT2D eigenvalue weighted by atomic mass is 16.6. The largest absolute Gasteiger partial charge is 0.488 e. The van der Waals surface area contributed by atoms with Gasteiger partial charge in [0.05, 0.1) is 18.4 Å². The molecule has 32 heavy (non-hydrogen) atoms. The molecule has 2 heterocycles. The summed E-state index contributed by atoms with van der Waals surface area (Å²) in [5.41, 5.74) is 2.66. The molecule has 2 aliphatic rings. The molecule has 0 bridgehead atoms. The molecule has 0 spiro atoms. The standard InChI is InChI=1S/C23H33N5O4/c1-27(13-16-9-10-16)23(29)31-15-20-22(25-26-28(20)2)18-11-12-21(19(24-18)14-30-3)32-17-7-5-4-6-8-17/h11-12,16-17H,4-10,13-15H2,1-3H3. The molecular formula is C23H33N5O4. The summed E-state index contributed by atoms with van der Waals surface area (Å²) in [6.45, 7) is 1.15. The van der Waals surface area contributed by atoms with E-state index in [0.717, 1.165) is 30.8 Å². The predicted octanol–water partition coefficient (Wildman–Crippen LogP) is 3.71. The molecule has 9 nitrogen and oxygen atoms in total. The molecule has 0 radical (unpaired) electrons. The SMILES string of the molecule is COCc1nc(-c2nnn(C)c2COC(=O)N(C)CC2CC2)ccc1OC1CCCCC1. The van der Waals surface area contributed by atoms with E-state index in [1.54, 1.807) is 30.8 Å². The number of carbonyl (C=O) groups excluding carboxylic acids is 1. The minimum Gasteiger partial charge on any atom is -0.488 e. The zero-order valence-electron chi connectivity index (χ0n) is 19.2. The van der Waals surface area contributed by atoms with Crippen molar-refractivity contribution < 1.29 is 19.0 Å². The second-order valence-electron chi connectivity index (χ2n) is 8.84. The minimum absolute atomic E-state index is 0.0777. The first-order valence-corrected chi connectivity index (χ1v) is 11.5. The molecule has 1 amide bonds. The monoisotopic (exact) mass is 443 g/mol. The van der Waals surface area contributed by atoms with Crippen LogP contribution in [0.4, 0.5) is 4.79 Å². The van der Waals surface area contributed by atoms with Gasteiger partial charge in [-0.25, -0.2) is 14.5 Å². The van der Waals surface area contributed by atoms with Gasteiger partial charge < -0.3 is 19.1 Å². The fourth-order valence-corrected chi connectivity index (χ4v) is 4.07. The van der Waals surface area contributed by atoms with Crippen molar-refractivity contribution in [1.29, 1.82) is 0 Å². The lowest BCUT2D eigenvalue weighted by Crippen LogP contribution is -2.29. The quantitative estimate of drug-likeness (QED) is 0.583. The van der Waals surface area contributed by atoms with E-state index < -0.39 is 0 Å². The third-order valence-electron chi connectivity index (χ3n) is 6.12. The van der Waals surface area contributed by atoms with Gasteiger partial charge in [0.2, 0.25) is 0 Å². The molecule has 174 valence electrons. The number of pyridine rings is 1. The number of nitrogens with zero attached hydrogens (tertiary/aromatic N) is 5. The Kier molecular flexibility index (Phi) is 7.24. The van der Waals surface area contributed by atoms with Crippen LogP contribution in [0, 0.1) is 5.92 Å². The summed E-state index contributed by atoms with van der Waals surface area (Å²) in [4.78, 5) is 18.7. The second kappa shape index (κ2) is 10.3. The number of methoxy groups -OCH3 is 1. The predicted molar refractivity (Wildman–Crippen MR) is 118 cm³/mol. The number of amides is 1. The molecule has 2 aromatic heterocycles. The summed E-state index contributed by atoms with van der Waals surface area (Å²) < 4.78 is 18.8. The van der Waals surface area contributed by atoms with Crippen molar-refractivity contribution in [2.24, 2.45) is 13.0 Å². The van der Waals surface area contributed by atoms with Crippen molar-refractivity contribution in [2.75, 3.05) is 20.7 Å². The molecule has 2 aliphatic carbocycles. The number of ether oxygens (including phenoxy) is 3. The van der Waals surface area contributed by atoms with E-state index in [1.807, 2.05) is 12.1 Å². The van der Waals surface area contributed by atoms with E-state index in [-0.39, 0.29) is 18.8 Å². The van der Waals surface area contributed by atoms with Crippen molar-refractivity contribution in [3.8, 4) is 17.1 Å². The van der Waals surface area contributed by atoms with E-state index in [0.29, 0.717) is 29.6 Å². The summed E-state index contributed by atoms with van der Waals surface area (Å²) >= 11 is 0. The van der Waals surface area contributed by atoms with Gasteiger partial charge >= 0.3 is 6.09 Å². The summed E-state index contributed by atoms with van der Waals surface area (Å²) in [5, 5.41) is 8.40. The Balaban J connectivity index is 1.48. The Morgan fingerprint density at radius 3 is 2.66 bits per heavy atom. The lowest BCUT2D eigenvalue weighted by atomic mass is 9.98. The lowest BCUT2D eigenvalue weighted by molar-refractivity contribution is 0.101. The Labute approximate surface area is 189 Å². The molecule has 0 unspecified atom stereocenters. The van der Waals surface area contributed by atoms with Crippen LogP contribution in [-0.4, -0.2) is 57.8 Å².